The standard InChI is InChI=1S/C11H21N3/c1-4-7-14-8-6-13-11(14)10(12)9(3)5-2/h6,8-10H,4-5,7,12H2,1-3H3. The number of rotatable bonds is 5. The fraction of sp³-hybridized carbons (Fsp3) is 0.727. The van der Waals surface area contributed by atoms with E-state index in [1.54, 1.807) is 0 Å². The predicted molar refractivity (Wildman–Crippen MR) is 58.9 cm³/mol. The molecule has 1 rings (SSSR count). The highest BCUT2D eigenvalue weighted by Crippen LogP contribution is 2.20. The van der Waals surface area contributed by atoms with E-state index in [2.05, 4.69) is 30.3 Å². The molecule has 0 spiro atoms. The molecule has 3 nitrogen and oxygen atoms in total. The molecule has 2 atom stereocenters. The van der Waals surface area contributed by atoms with Gasteiger partial charge in [-0.05, 0) is 12.3 Å². The Hall–Kier alpha value is -0.830. The summed E-state index contributed by atoms with van der Waals surface area (Å²) in [6, 6.07) is 0.0709. The lowest BCUT2D eigenvalue weighted by molar-refractivity contribution is 0.421. The minimum atomic E-state index is 0.0709. The van der Waals surface area contributed by atoms with Gasteiger partial charge in [-0.15, -0.1) is 0 Å². The molecule has 0 saturated heterocycles. The van der Waals surface area contributed by atoms with Gasteiger partial charge in [0.15, 0.2) is 0 Å². The van der Waals surface area contributed by atoms with Gasteiger partial charge < -0.3 is 10.3 Å². The predicted octanol–water partition coefficient (Wildman–Crippen LogP) is 2.34. The first-order valence-electron chi connectivity index (χ1n) is 5.47. The lowest BCUT2D eigenvalue weighted by Crippen LogP contribution is -2.22. The molecule has 0 aliphatic rings. The second kappa shape index (κ2) is 5.15. The molecule has 14 heavy (non-hydrogen) atoms. The molecule has 0 fully saturated rings. The number of nitrogens with two attached hydrogens (primary N) is 1. The van der Waals surface area contributed by atoms with Crippen LogP contribution in [0.3, 0.4) is 0 Å². The summed E-state index contributed by atoms with van der Waals surface area (Å²) >= 11 is 0. The zero-order valence-corrected chi connectivity index (χ0v) is 9.40. The van der Waals surface area contributed by atoms with Crippen LogP contribution in [0.2, 0.25) is 0 Å². The zero-order valence-electron chi connectivity index (χ0n) is 9.40. The van der Waals surface area contributed by atoms with Gasteiger partial charge in [-0.2, -0.15) is 0 Å². The minimum absolute atomic E-state index is 0.0709. The van der Waals surface area contributed by atoms with Crippen molar-refractivity contribution < 1.29 is 0 Å². The van der Waals surface area contributed by atoms with Crippen LogP contribution in [-0.4, -0.2) is 9.55 Å². The van der Waals surface area contributed by atoms with E-state index in [1.807, 2.05) is 12.4 Å². The molecule has 80 valence electrons. The average Bonchev–Trinajstić information content (AvgIpc) is 2.64. The molecule has 1 aromatic rings. The molecule has 0 radical (unpaired) electrons. The lowest BCUT2D eigenvalue weighted by atomic mass is 9.99. The third kappa shape index (κ3) is 2.35. The number of hydrogen-bond donors (Lipinski definition) is 1. The van der Waals surface area contributed by atoms with Crippen LogP contribution in [-0.2, 0) is 6.54 Å². The highest BCUT2D eigenvalue weighted by molar-refractivity contribution is 4.99. The third-order valence-electron chi connectivity index (χ3n) is 2.77. The van der Waals surface area contributed by atoms with E-state index < -0.39 is 0 Å². The summed E-state index contributed by atoms with van der Waals surface area (Å²) in [4.78, 5) is 4.34. The quantitative estimate of drug-likeness (QED) is 0.783. The monoisotopic (exact) mass is 195 g/mol. The van der Waals surface area contributed by atoms with Crippen molar-refractivity contribution in [3.8, 4) is 0 Å². The highest BCUT2D eigenvalue weighted by atomic mass is 15.1. The van der Waals surface area contributed by atoms with Crippen LogP contribution < -0.4 is 5.73 Å². The van der Waals surface area contributed by atoms with E-state index in [-0.39, 0.29) is 6.04 Å². The molecular formula is C11H21N3. The number of hydrogen-bond acceptors (Lipinski definition) is 2. The van der Waals surface area contributed by atoms with Gasteiger partial charge in [0.1, 0.15) is 5.82 Å². The molecule has 0 bridgehead atoms. The molecule has 1 heterocycles. The summed E-state index contributed by atoms with van der Waals surface area (Å²) in [5, 5.41) is 0. The Labute approximate surface area is 86.3 Å². The van der Waals surface area contributed by atoms with Crippen molar-refractivity contribution in [1.82, 2.24) is 9.55 Å². The van der Waals surface area contributed by atoms with E-state index in [0.29, 0.717) is 5.92 Å². The van der Waals surface area contributed by atoms with E-state index in [9.17, 15) is 0 Å². The first-order chi connectivity index (χ1) is 6.70. The normalized spacial score (nSPS) is 15.4. The third-order valence-corrected chi connectivity index (χ3v) is 2.77. The molecule has 2 unspecified atom stereocenters. The molecule has 1 aromatic heterocycles. The fourth-order valence-corrected chi connectivity index (χ4v) is 1.56. The zero-order chi connectivity index (χ0) is 10.6. The van der Waals surface area contributed by atoms with Gasteiger partial charge in [-0.3, -0.25) is 0 Å². The van der Waals surface area contributed by atoms with Crippen LogP contribution in [0.4, 0.5) is 0 Å². The van der Waals surface area contributed by atoms with Crippen molar-refractivity contribution in [2.24, 2.45) is 11.7 Å². The van der Waals surface area contributed by atoms with Crippen LogP contribution in [0.15, 0.2) is 12.4 Å². The number of nitrogens with zero attached hydrogens (tertiary/aromatic N) is 2. The molecule has 0 aliphatic heterocycles. The van der Waals surface area contributed by atoms with Gasteiger partial charge >= 0.3 is 0 Å². The second-order valence-electron chi connectivity index (χ2n) is 3.89. The summed E-state index contributed by atoms with van der Waals surface area (Å²) in [6.07, 6.45) is 6.07. The fourth-order valence-electron chi connectivity index (χ4n) is 1.56. The smallest absolute Gasteiger partial charge is 0.125 e. The lowest BCUT2D eigenvalue weighted by Gasteiger charge is -2.19. The van der Waals surface area contributed by atoms with Crippen molar-refractivity contribution in [2.45, 2.75) is 46.2 Å². The van der Waals surface area contributed by atoms with Crippen molar-refractivity contribution in [3.63, 3.8) is 0 Å². The summed E-state index contributed by atoms with van der Waals surface area (Å²) in [5.74, 6) is 1.52. The number of aromatic nitrogens is 2. The maximum atomic E-state index is 6.14. The maximum absolute atomic E-state index is 6.14. The summed E-state index contributed by atoms with van der Waals surface area (Å²) in [5.41, 5.74) is 6.14. The minimum Gasteiger partial charge on any atom is -0.334 e. The largest absolute Gasteiger partial charge is 0.334 e. The van der Waals surface area contributed by atoms with E-state index in [1.165, 1.54) is 0 Å². The number of imidazole rings is 1. The van der Waals surface area contributed by atoms with Crippen molar-refractivity contribution in [1.29, 1.82) is 0 Å². The first kappa shape index (κ1) is 11.2. The van der Waals surface area contributed by atoms with Crippen LogP contribution in [0, 0.1) is 5.92 Å². The van der Waals surface area contributed by atoms with Gasteiger partial charge in [0.05, 0.1) is 6.04 Å². The van der Waals surface area contributed by atoms with Gasteiger partial charge in [-0.1, -0.05) is 27.2 Å². The van der Waals surface area contributed by atoms with E-state index in [4.69, 9.17) is 5.73 Å². The Morgan fingerprint density at radius 1 is 1.50 bits per heavy atom. The molecule has 2 N–H and O–H groups in total. The summed E-state index contributed by atoms with van der Waals surface area (Å²) < 4.78 is 2.16. The van der Waals surface area contributed by atoms with Gasteiger partial charge in [0.2, 0.25) is 0 Å². The number of aryl methyl sites for hydroxylation is 1. The molecule has 0 aromatic carbocycles. The van der Waals surface area contributed by atoms with Crippen molar-refractivity contribution in [3.05, 3.63) is 18.2 Å². The molecular weight excluding hydrogens is 174 g/mol. The van der Waals surface area contributed by atoms with Gasteiger partial charge in [-0.25, -0.2) is 4.98 Å². The molecule has 0 amide bonds. The van der Waals surface area contributed by atoms with Crippen LogP contribution in [0.25, 0.3) is 0 Å². The Kier molecular flexibility index (Phi) is 4.14. The molecule has 0 aliphatic carbocycles. The Balaban J connectivity index is 2.77. The second-order valence-corrected chi connectivity index (χ2v) is 3.89. The summed E-state index contributed by atoms with van der Waals surface area (Å²) in [7, 11) is 0. The van der Waals surface area contributed by atoms with Gasteiger partial charge in [0, 0.05) is 18.9 Å². The van der Waals surface area contributed by atoms with Crippen molar-refractivity contribution >= 4 is 0 Å². The molecule has 0 saturated carbocycles. The average molecular weight is 195 g/mol. The Morgan fingerprint density at radius 3 is 2.79 bits per heavy atom. The highest BCUT2D eigenvalue weighted by Gasteiger charge is 2.17. The van der Waals surface area contributed by atoms with Crippen LogP contribution >= 0.6 is 0 Å². The maximum Gasteiger partial charge on any atom is 0.125 e. The van der Waals surface area contributed by atoms with Crippen molar-refractivity contribution in [2.75, 3.05) is 0 Å². The van der Waals surface area contributed by atoms with Crippen LogP contribution in [0.5, 0.6) is 0 Å². The summed E-state index contributed by atoms with van der Waals surface area (Å²) in [6.45, 7) is 7.52. The molecule has 3 heteroatoms. The van der Waals surface area contributed by atoms with E-state index >= 15 is 0 Å². The van der Waals surface area contributed by atoms with E-state index in [0.717, 1.165) is 25.2 Å². The van der Waals surface area contributed by atoms with Crippen LogP contribution in [0.1, 0.15) is 45.5 Å². The Bertz CT molecular complexity index is 267. The Morgan fingerprint density at radius 2 is 2.21 bits per heavy atom. The topological polar surface area (TPSA) is 43.8 Å². The van der Waals surface area contributed by atoms with Gasteiger partial charge in [0.25, 0.3) is 0 Å². The SMILES string of the molecule is CCCn1ccnc1C(N)C(C)CC. The first-order valence-corrected chi connectivity index (χ1v) is 5.47.